The number of carbonyl (C=O) groups is 1. The number of aromatic nitrogens is 1. The normalized spacial score (nSPS) is 14.2. The van der Waals surface area contributed by atoms with E-state index in [4.69, 9.17) is 30.8 Å². The van der Waals surface area contributed by atoms with Crippen LogP contribution in [0.25, 0.3) is 16.8 Å². The van der Waals surface area contributed by atoms with Crippen molar-refractivity contribution in [1.82, 2.24) is 4.57 Å². The van der Waals surface area contributed by atoms with Gasteiger partial charge in [-0.3, -0.25) is 14.2 Å². The maximum Gasteiger partial charge on any atom is 0.271 e. The van der Waals surface area contributed by atoms with Crippen molar-refractivity contribution in [2.24, 2.45) is 4.99 Å². The maximum atomic E-state index is 14.3. The van der Waals surface area contributed by atoms with Gasteiger partial charge in [0.25, 0.3) is 11.5 Å². The van der Waals surface area contributed by atoms with Crippen LogP contribution in [0.5, 0.6) is 17.2 Å². The molecule has 2 heterocycles. The Labute approximate surface area is 303 Å². The van der Waals surface area contributed by atoms with E-state index >= 15 is 0 Å². The molecule has 1 aromatic heterocycles. The van der Waals surface area contributed by atoms with Gasteiger partial charge in [-0.25, -0.2) is 4.99 Å². The zero-order chi connectivity index (χ0) is 35.5. The Bertz CT molecular complexity index is 2470. The third-order valence-electron chi connectivity index (χ3n) is 8.61. The quantitative estimate of drug-likeness (QED) is 0.157. The van der Waals surface area contributed by atoms with Gasteiger partial charge in [0, 0.05) is 5.69 Å². The zero-order valence-electron chi connectivity index (χ0n) is 28.2. The molecule has 1 aliphatic heterocycles. The standard InChI is InChI=1S/C41H34ClN3O5S/c1-4-49-31-19-17-28(18-20-31)37-36(39(46)44-30-14-6-5-7-15-30)25(2)43-41-45(37)40(47)35(51-41)23-26-21-33(42)38(34(22-26)48-3)50-24-29-13-10-12-27-11-8-9-16-32(27)29/h5-23,37H,4,24H2,1-3H3,(H,44,46)/b35-23-/t37-/m0/s1. The van der Waals surface area contributed by atoms with Crippen LogP contribution < -0.4 is 34.4 Å². The summed E-state index contributed by atoms with van der Waals surface area (Å²) in [6.07, 6.45) is 1.75. The molecule has 256 valence electrons. The molecule has 0 saturated heterocycles. The average molecular weight is 716 g/mol. The minimum Gasteiger partial charge on any atom is -0.494 e. The van der Waals surface area contributed by atoms with Gasteiger partial charge in [-0.2, -0.15) is 0 Å². The van der Waals surface area contributed by atoms with Crippen molar-refractivity contribution >= 4 is 51.4 Å². The number of methoxy groups -OCH3 is 1. The van der Waals surface area contributed by atoms with Gasteiger partial charge in [0.1, 0.15) is 12.4 Å². The highest BCUT2D eigenvalue weighted by Crippen LogP contribution is 2.38. The van der Waals surface area contributed by atoms with Crippen LogP contribution in [-0.4, -0.2) is 24.2 Å². The summed E-state index contributed by atoms with van der Waals surface area (Å²) in [7, 11) is 1.55. The number of amides is 1. The first-order chi connectivity index (χ1) is 24.8. The highest BCUT2D eigenvalue weighted by atomic mass is 35.5. The summed E-state index contributed by atoms with van der Waals surface area (Å²) in [6.45, 7) is 4.52. The van der Waals surface area contributed by atoms with E-state index in [0.29, 0.717) is 67.3 Å². The topological polar surface area (TPSA) is 91.2 Å². The van der Waals surface area contributed by atoms with Crippen LogP contribution in [0.3, 0.4) is 0 Å². The van der Waals surface area contributed by atoms with Gasteiger partial charge >= 0.3 is 0 Å². The second-order valence-corrected chi connectivity index (χ2v) is 13.3. The molecule has 10 heteroatoms. The lowest BCUT2D eigenvalue weighted by molar-refractivity contribution is -0.113. The molecule has 8 nitrogen and oxygen atoms in total. The molecule has 5 aromatic carbocycles. The van der Waals surface area contributed by atoms with E-state index in [9.17, 15) is 9.59 Å². The van der Waals surface area contributed by atoms with Gasteiger partial charge in [0.05, 0.1) is 40.6 Å². The van der Waals surface area contributed by atoms with E-state index in [1.54, 1.807) is 36.8 Å². The summed E-state index contributed by atoms with van der Waals surface area (Å²) in [5.74, 6) is 1.20. The van der Waals surface area contributed by atoms with E-state index in [0.717, 1.165) is 21.9 Å². The van der Waals surface area contributed by atoms with E-state index in [-0.39, 0.29) is 11.5 Å². The number of rotatable bonds is 10. The summed E-state index contributed by atoms with van der Waals surface area (Å²) >= 11 is 8.04. The van der Waals surface area contributed by atoms with E-state index in [2.05, 4.69) is 23.5 Å². The molecule has 0 unspecified atom stereocenters. The predicted molar refractivity (Wildman–Crippen MR) is 203 cm³/mol. The minimum absolute atomic E-state index is 0.290. The molecule has 0 saturated carbocycles. The Kier molecular flexibility index (Phi) is 9.74. The summed E-state index contributed by atoms with van der Waals surface area (Å²) < 4.78 is 19.6. The molecule has 0 radical (unpaired) electrons. The number of para-hydroxylation sites is 1. The zero-order valence-corrected chi connectivity index (χ0v) is 29.8. The lowest BCUT2D eigenvalue weighted by Gasteiger charge is -2.25. The molecule has 0 bridgehead atoms. The van der Waals surface area contributed by atoms with E-state index < -0.39 is 6.04 Å². The van der Waals surface area contributed by atoms with Crippen LogP contribution in [0, 0.1) is 0 Å². The average Bonchev–Trinajstić information content (AvgIpc) is 3.44. The van der Waals surface area contributed by atoms with E-state index in [1.165, 1.54) is 11.3 Å². The number of hydrogen-bond acceptors (Lipinski definition) is 7. The minimum atomic E-state index is -0.731. The van der Waals surface area contributed by atoms with Crippen LogP contribution in [-0.2, 0) is 11.4 Å². The second-order valence-electron chi connectivity index (χ2n) is 11.9. The molecule has 51 heavy (non-hydrogen) atoms. The van der Waals surface area contributed by atoms with Crippen molar-refractivity contribution in [2.45, 2.75) is 26.5 Å². The third-order valence-corrected chi connectivity index (χ3v) is 9.87. The molecular formula is C41H34ClN3O5S. The molecule has 0 aliphatic carbocycles. The van der Waals surface area contributed by atoms with Crippen LogP contribution in [0.1, 0.15) is 36.6 Å². The maximum absolute atomic E-state index is 14.3. The fourth-order valence-corrected chi connectivity index (χ4v) is 7.56. The Hall–Kier alpha value is -5.64. The monoisotopic (exact) mass is 715 g/mol. The van der Waals surface area contributed by atoms with Crippen molar-refractivity contribution in [3.8, 4) is 17.2 Å². The van der Waals surface area contributed by atoms with Crippen LogP contribution >= 0.6 is 22.9 Å². The second kappa shape index (κ2) is 14.7. The SMILES string of the molecule is CCOc1ccc([C@H]2C(C(=O)Nc3ccccc3)=C(C)N=c3s/c(=C\c4cc(Cl)c(OCc5cccc6ccccc56)c(OC)c4)c(=O)n32)cc1. The fourth-order valence-electron chi connectivity index (χ4n) is 6.24. The summed E-state index contributed by atoms with van der Waals surface area (Å²) in [4.78, 5) is 33.4. The third kappa shape index (κ3) is 6.91. The first kappa shape index (κ1) is 33.8. The van der Waals surface area contributed by atoms with Gasteiger partial charge in [-0.05, 0) is 83.8 Å². The number of nitrogens with one attached hydrogen (secondary N) is 1. The molecule has 1 N–H and O–H groups in total. The van der Waals surface area contributed by atoms with Gasteiger partial charge in [-0.15, -0.1) is 0 Å². The van der Waals surface area contributed by atoms with Crippen LogP contribution in [0.15, 0.2) is 130 Å². The van der Waals surface area contributed by atoms with Gasteiger partial charge in [0.15, 0.2) is 16.3 Å². The largest absolute Gasteiger partial charge is 0.494 e. The van der Waals surface area contributed by atoms with Crippen molar-refractivity contribution in [3.05, 3.63) is 162 Å². The molecule has 1 amide bonds. The fraction of sp³-hybridized carbons (Fsp3) is 0.146. The summed E-state index contributed by atoms with van der Waals surface area (Å²) in [5.41, 5.74) is 3.66. The van der Waals surface area contributed by atoms with Crippen LogP contribution in [0.4, 0.5) is 5.69 Å². The molecular weight excluding hydrogens is 682 g/mol. The van der Waals surface area contributed by atoms with Crippen molar-refractivity contribution < 1.29 is 19.0 Å². The Morgan fingerprint density at radius 1 is 0.961 bits per heavy atom. The number of allylic oxidation sites excluding steroid dienone is 1. The first-order valence-corrected chi connectivity index (χ1v) is 17.6. The van der Waals surface area contributed by atoms with Gasteiger partial charge in [0.2, 0.25) is 0 Å². The molecule has 0 fully saturated rings. The Balaban J connectivity index is 1.26. The number of carbonyl (C=O) groups excluding carboxylic acids is 1. The van der Waals surface area contributed by atoms with Crippen LogP contribution in [0.2, 0.25) is 5.02 Å². The number of anilines is 1. The molecule has 0 spiro atoms. The Morgan fingerprint density at radius 2 is 1.71 bits per heavy atom. The molecule has 7 rings (SSSR count). The Morgan fingerprint density at radius 3 is 2.47 bits per heavy atom. The van der Waals surface area contributed by atoms with E-state index in [1.807, 2.05) is 85.8 Å². The lowest BCUT2D eigenvalue weighted by Crippen LogP contribution is -2.40. The van der Waals surface area contributed by atoms with Crippen molar-refractivity contribution in [3.63, 3.8) is 0 Å². The number of fused-ring (bicyclic) bond motifs is 2. The lowest BCUT2D eigenvalue weighted by atomic mass is 9.95. The van der Waals surface area contributed by atoms with Crippen molar-refractivity contribution in [1.29, 1.82) is 0 Å². The van der Waals surface area contributed by atoms with Gasteiger partial charge < -0.3 is 19.5 Å². The number of halogens is 1. The summed E-state index contributed by atoms with van der Waals surface area (Å²) in [5, 5.41) is 5.55. The molecule has 1 aliphatic rings. The number of ether oxygens (including phenoxy) is 3. The predicted octanol–water partition coefficient (Wildman–Crippen LogP) is 7.67. The van der Waals surface area contributed by atoms with Gasteiger partial charge in [-0.1, -0.05) is 95.7 Å². The number of thiazole rings is 1. The molecule has 6 aromatic rings. The smallest absolute Gasteiger partial charge is 0.271 e. The number of benzene rings is 5. The van der Waals surface area contributed by atoms with Crippen molar-refractivity contribution in [2.75, 3.05) is 19.0 Å². The highest BCUT2D eigenvalue weighted by molar-refractivity contribution is 7.07. The highest BCUT2D eigenvalue weighted by Gasteiger charge is 2.32. The number of hydrogen-bond donors (Lipinski definition) is 1. The number of nitrogens with zero attached hydrogens (tertiary/aromatic N) is 2. The molecule has 1 atom stereocenters. The summed E-state index contributed by atoms with van der Waals surface area (Å²) in [6, 6.07) is 33.7. The first-order valence-electron chi connectivity index (χ1n) is 16.4.